The second kappa shape index (κ2) is 4.95. The lowest BCUT2D eigenvalue weighted by atomic mass is 10.5. The van der Waals surface area contributed by atoms with Crippen molar-refractivity contribution in [3.63, 3.8) is 0 Å². The molecule has 5 nitrogen and oxygen atoms in total. The van der Waals surface area contributed by atoms with Gasteiger partial charge in [0, 0.05) is 6.61 Å². The Bertz CT molecular complexity index is 161. The molecule has 0 radical (unpaired) electrons. The molecule has 0 atom stereocenters. The molecule has 0 spiro atoms. The van der Waals surface area contributed by atoms with Gasteiger partial charge in [-0.15, -0.1) is 0 Å². The van der Waals surface area contributed by atoms with Crippen molar-refractivity contribution in [3.8, 4) is 0 Å². The Morgan fingerprint density at radius 2 is 2.58 bits per heavy atom. The first-order chi connectivity index (χ1) is 5.83. The van der Waals surface area contributed by atoms with E-state index in [9.17, 15) is 0 Å². The SMILES string of the molecule is CCCOCN1CN=C(N)OC1. The number of hydrogen-bond donors (Lipinski definition) is 1. The summed E-state index contributed by atoms with van der Waals surface area (Å²) in [7, 11) is 0. The standard InChI is InChI=1S/C7H15N3O2/c1-2-3-11-5-10-4-9-7(8)12-6-10/h2-6H2,1H3,(H2,8,9). The normalized spacial score (nSPS) is 18.6. The Balaban J connectivity index is 2.10. The van der Waals surface area contributed by atoms with Gasteiger partial charge < -0.3 is 15.2 Å². The summed E-state index contributed by atoms with van der Waals surface area (Å²) in [5, 5.41) is 0. The molecule has 0 saturated heterocycles. The molecule has 0 aromatic rings. The van der Waals surface area contributed by atoms with Crippen LogP contribution in [-0.4, -0.2) is 37.7 Å². The topological polar surface area (TPSA) is 60.1 Å². The molecule has 0 amide bonds. The van der Waals surface area contributed by atoms with Gasteiger partial charge in [0.1, 0.15) is 20.1 Å². The van der Waals surface area contributed by atoms with Crippen molar-refractivity contribution < 1.29 is 9.47 Å². The molecule has 0 aromatic carbocycles. The highest BCUT2D eigenvalue weighted by Crippen LogP contribution is 1.97. The van der Waals surface area contributed by atoms with Gasteiger partial charge in [0.25, 0.3) is 6.02 Å². The van der Waals surface area contributed by atoms with Crippen LogP contribution in [0.5, 0.6) is 0 Å². The zero-order chi connectivity index (χ0) is 8.81. The molecule has 0 aliphatic carbocycles. The Labute approximate surface area is 72.1 Å². The zero-order valence-corrected chi connectivity index (χ0v) is 7.32. The smallest absolute Gasteiger partial charge is 0.284 e. The number of nitrogens with two attached hydrogens (primary N) is 1. The molecule has 0 fully saturated rings. The first kappa shape index (κ1) is 9.28. The highest BCUT2D eigenvalue weighted by atomic mass is 16.5. The summed E-state index contributed by atoms with van der Waals surface area (Å²) >= 11 is 0. The Hall–Kier alpha value is -0.810. The van der Waals surface area contributed by atoms with Crippen LogP contribution in [0.3, 0.4) is 0 Å². The maximum absolute atomic E-state index is 5.31. The van der Waals surface area contributed by atoms with Crippen LogP contribution in [0.2, 0.25) is 0 Å². The van der Waals surface area contributed by atoms with Crippen molar-refractivity contribution in [2.75, 3.05) is 26.7 Å². The minimum absolute atomic E-state index is 0.266. The van der Waals surface area contributed by atoms with E-state index < -0.39 is 0 Å². The molecule has 1 rings (SSSR count). The molecule has 0 saturated carbocycles. The van der Waals surface area contributed by atoms with Gasteiger partial charge in [-0.2, -0.15) is 0 Å². The van der Waals surface area contributed by atoms with Crippen LogP contribution in [0.15, 0.2) is 4.99 Å². The van der Waals surface area contributed by atoms with E-state index in [0.717, 1.165) is 13.0 Å². The van der Waals surface area contributed by atoms with Crippen molar-refractivity contribution in [3.05, 3.63) is 0 Å². The van der Waals surface area contributed by atoms with Gasteiger partial charge in [-0.05, 0) is 6.42 Å². The maximum Gasteiger partial charge on any atom is 0.284 e. The second-order valence-corrected chi connectivity index (χ2v) is 2.62. The number of amidine groups is 1. The van der Waals surface area contributed by atoms with E-state index in [1.807, 2.05) is 4.90 Å². The summed E-state index contributed by atoms with van der Waals surface area (Å²) in [5.41, 5.74) is 5.31. The van der Waals surface area contributed by atoms with Crippen LogP contribution in [0, 0.1) is 0 Å². The van der Waals surface area contributed by atoms with E-state index >= 15 is 0 Å². The van der Waals surface area contributed by atoms with Gasteiger partial charge in [0.15, 0.2) is 0 Å². The third-order valence-corrected chi connectivity index (χ3v) is 1.44. The number of rotatable bonds is 4. The van der Waals surface area contributed by atoms with Gasteiger partial charge in [-0.3, -0.25) is 0 Å². The summed E-state index contributed by atoms with van der Waals surface area (Å²) < 4.78 is 10.3. The highest BCUT2D eigenvalue weighted by molar-refractivity contribution is 5.71. The van der Waals surface area contributed by atoms with E-state index in [0.29, 0.717) is 20.1 Å². The fourth-order valence-corrected chi connectivity index (χ4v) is 0.830. The van der Waals surface area contributed by atoms with Crippen molar-refractivity contribution >= 4 is 6.02 Å². The molecule has 2 N–H and O–H groups in total. The molecule has 0 bridgehead atoms. The fourth-order valence-electron chi connectivity index (χ4n) is 0.830. The van der Waals surface area contributed by atoms with Crippen LogP contribution >= 0.6 is 0 Å². The lowest BCUT2D eigenvalue weighted by Gasteiger charge is -2.23. The van der Waals surface area contributed by atoms with Crippen LogP contribution < -0.4 is 5.73 Å². The molecular weight excluding hydrogens is 158 g/mol. The van der Waals surface area contributed by atoms with Gasteiger partial charge in [0.2, 0.25) is 0 Å². The highest BCUT2D eigenvalue weighted by Gasteiger charge is 2.10. The third-order valence-electron chi connectivity index (χ3n) is 1.44. The van der Waals surface area contributed by atoms with Gasteiger partial charge in [0.05, 0.1) is 0 Å². The van der Waals surface area contributed by atoms with E-state index in [4.69, 9.17) is 15.2 Å². The molecule has 5 heteroatoms. The molecular formula is C7H15N3O2. The Morgan fingerprint density at radius 3 is 3.17 bits per heavy atom. The van der Waals surface area contributed by atoms with E-state index in [2.05, 4.69) is 11.9 Å². The number of nitrogens with zero attached hydrogens (tertiary/aromatic N) is 2. The monoisotopic (exact) mass is 173 g/mol. The first-order valence-corrected chi connectivity index (χ1v) is 4.05. The summed E-state index contributed by atoms with van der Waals surface area (Å²) in [6, 6.07) is 0.266. The molecule has 0 unspecified atom stereocenters. The molecule has 1 aliphatic heterocycles. The van der Waals surface area contributed by atoms with Crippen LogP contribution in [-0.2, 0) is 9.47 Å². The van der Waals surface area contributed by atoms with Gasteiger partial charge in [-0.1, -0.05) is 6.92 Å². The van der Waals surface area contributed by atoms with Crippen molar-refractivity contribution in [1.82, 2.24) is 4.90 Å². The molecule has 0 aromatic heterocycles. The molecule has 1 heterocycles. The Morgan fingerprint density at radius 1 is 1.75 bits per heavy atom. The van der Waals surface area contributed by atoms with Crippen molar-refractivity contribution in [1.29, 1.82) is 0 Å². The number of ether oxygens (including phenoxy) is 2. The van der Waals surface area contributed by atoms with E-state index in [-0.39, 0.29) is 6.02 Å². The molecule has 70 valence electrons. The Kier molecular flexibility index (Phi) is 3.83. The number of hydrogen-bond acceptors (Lipinski definition) is 5. The minimum Gasteiger partial charge on any atom is -0.449 e. The van der Waals surface area contributed by atoms with Crippen LogP contribution in [0.4, 0.5) is 0 Å². The quantitative estimate of drug-likeness (QED) is 0.605. The first-order valence-electron chi connectivity index (χ1n) is 4.05. The summed E-state index contributed by atoms with van der Waals surface area (Å²) in [5.74, 6) is 0. The third kappa shape index (κ3) is 3.06. The number of aliphatic imine (C=N–C) groups is 1. The lowest BCUT2D eigenvalue weighted by molar-refractivity contribution is -0.0193. The van der Waals surface area contributed by atoms with Crippen molar-refractivity contribution in [2.24, 2.45) is 10.7 Å². The van der Waals surface area contributed by atoms with E-state index in [1.165, 1.54) is 0 Å². The molecule has 12 heavy (non-hydrogen) atoms. The lowest BCUT2D eigenvalue weighted by Crippen LogP contribution is -2.37. The van der Waals surface area contributed by atoms with Crippen LogP contribution in [0.25, 0.3) is 0 Å². The largest absolute Gasteiger partial charge is 0.449 e. The molecule has 1 aliphatic rings. The van der Waals surface area contributed by atoms with Crippen molar-refractivity contribution in [2.45, 2.75) is 13.3 Å². The summed E-state index contributed by atoms with van der Waals surface area (Å²) in [6.07, 6.45) is 1.03. The average Bonchev–Trinajstić information content (AvgIpc) is 2.09. The van der Waals surface area contributed by atoms with Crippen LogP contribution in [0.1, 0.15) is 13.3 Å². The predicted octanol–water partition coefficient (Wildman–Crippen LogP) is -0.0676. The second-order valence-electron chi connectivity index (χ2n) is 2.62. The summed E-state index contributed by atoms with van der Waals surface area (Å²) in [4.78, 5) is 5.83. The van der Waals surface area contributed by atoms with Gasteiger partial charge >= 0.3 is 0 Å². The average molecular weight is 173 g/mol. The minimum atomic E-state index is 0.266. The van der Waals surface area contributed by atoms with Gasteiger partial charge in [-0.25, -0.2) is 9.89 Å². The zero-order valence-electron chi connectivity index (χ0n) is 7.32. The van der Waals surface area contributed by atoms with E-state index in [1.54, 1.807) is 0 Å². The maximum atomic E-state index is 5.31. The fraction of sp³-hybridized carbons (Fsp3) is 0.857. The predicted molar refractivity (Wildman–Crippen MR) is 45.4 cm³/mol. The summed E-state index contributed by atoms with van der Waals surface area (Å²) in [6.45, 7) is 4.44.